The minimum atomic E-state index is 0.302. The lowest BCUT2D eigenvalue weighted by Gasteiger charge is -2.31. The predicted molar refractivity (Wildman–Crippen MR) is 87.1 cm³/mol. The Kier molecular flexibility index (Phi) is 5.22. The van der Waals surface area contributed by atoms with Gasteiger partial charge in [0.15, 0.2) is 0 Å². The summed E-state index contributed by atoms with van der Waals surface area (Å²) in [7, 11) is 1.75. The predicted octanol–water partition coefficient (Wildman–Crippen LogP) is 2.91. The molecule has 116 valence electrons. The van der Waals surface area contributed by atoms with Crippen molar-refractivity contribution in [3.05, 3.63) is 29.8 Å². The summed E-state index contributed by atoms with van der Waals surface area (Å²) in [5, 5.41) is 3.56. The van der Waals surface area contributed by atoms with Crippen molar-refractivity contribution in [3.63, 3.8) is 0 Å². The third kappa shape index (κ3) is 3.62. The Hall–Kier alpha value is -0.550. The molecule has 4 heteroatoms. The second-order valence-corrected chi connectivity index (χ2v) is 7.28. The molecule has 1 aromatic carbocycles. The van der Waals surface area contributed by atoms with E-state index in [9.17, 15) is 0 Å². The van der Waals surface area contributed by atoms with Crippen LogP contribution in [0.1, 0.15) is 24.3 Å². The van der Waals surface area contributed by atoms with Gasteiger partial charge in [-0.1, -0.05) is 18.2 Å². The van der Waals surface area contributed by atoms with Crippen LogP contribution < -0.4 is 5.32 Å². The lowest BCUT2D eigenvalue weighted by Crippen LogP contribution is -2.37. The number of methoxy groups -OCH3 is 1. The van der Waals surface area contributed by atoms with Gasteiger partial charge in [-0.05, 0) is 30.4 Å². The number of ether oxygens (including phenoxy) is 2. The molecule has 1 aromatic rings. The number of thioether (sulfide) groups is 1. The average Bonchev–Trinajstić information content (AvgIpc) is 3.13. The van der Waals surface area contributed by atoms with Crippen LogP contribution in [0.4, 0.5) is 0 Å². The van der Waals surface area contributed by atoms with E-state index in [1.165, 1.54) is 23.5 Å². The number of nitrogens with one attached hydrogen (secondary N) is 1. The molecule has 2 heterocycles. The van der Waals surface area contributed by atoms with Crippen LogP contribution >= 0.6 is 11.8 Å². The Bertz CT molecular complexity index is 460. The number of hydrogen-bond acceptors (Lipinski definition) is 4. The van der Waals surface area contributed by atoms with Gasteiger partial charge >= 0.3 is 0 Å². The molecule has 1 saturated heterocycles. The van der Waals surface area contributed by atoms with E-state index >= 15 is 0 Å². The zero-order valence-electron chi connectivity index (χ0n) is 12.8. The van der Waals surface area contributed by atoms with Crippen LogP contribution in [-0.2, 0) is 9.47 Å². The van der Waals surface area contributed by atoms with Crippen molar-refractivity contribution in [3.8, 4) is 0 Å². The van der Waals surface area contributed by atoms with Gasteiger partial charge in [0.25, 0.3) is 0 Å². The van der Waals surface area contributed by atoms with Gasteiger partial charge in [-0.3, -0.25) is 0 Å². The van der Waals surface area contributed by atoms with Crippen LogP contribution in [0.15, 0.2) is 29.2 Å². The molecule has 0 saturated carbocycles. The Morgan fingerprint density at radius 1 is 1.43 bits per heavy atom. The van der Waals surface area contributed by atoms with Crippen molar-refractivity contribution in [1.29, 1.82) is 0 Å². The number of hydrogen-bond donors (Lipinski definition) is 1. The van der Waals surface area contributed by atoms with Gasteiger partial charge in [0.05, 0.1) is 13.2 Å². The summed E-state index contributed by atoms with van der Waals surface area (Å²) < 4.78 is 10.9. The smallest absolute Gasteiger partial charge is 0.0587 e. The first-order valence-electron chi connectivity index (χ1n) is 7.82. The van der Waals surface area contributed by atoms with Gasteiger partial charge < -0.3 is 14.8 Å². The second kappa shape index (κ2) is 7.14. The molecule has 0 radical (unpaired) electrons. The number of rotatable bonds is 7. The first kappa shape index (κ1) is 15.3. The fourth-order valence-electron chi connectivity index (χ4n) is 3.47. The summed E-state index contributed by atoms with van der Waals surface area (Å²) in [6.45, 7) is 4.55. The van der Waals surface area contributed by atoms with Crippen LogP contribution in [0.3, 0.4) is 0 Å². The van der Waals surface area contributed by atoms with Gasteiger partial charge in [0.2, 0.25) is 0 Å². The van der Waals surface area contributed by atoms with Crippen molar-refractivity contribution >= 4 is 11.8 Å². The standard InChI is InChI=1S/C17H25NO2S/c1-19-9-7-18-12-17(6-8-20-13-17)10-14-11-21-16-5-3-2-4-15(14)16/h2-5,14,18H,6-13H2,1H3. The van der Waals surface area contributed by atoms with E-state index in [0.717, 1.165) is 32.9 Å². The maximum absolute atomic E-state index is 5.74. The molecule has 2 atom stereocenters. The molecule has 2 unspecified atom stereocenters. The minimum Gasteiger partial charge on any atom is -0.383 e. The van der Waals surface area contributed by atoms with Crippen molar-refractivity contribution in [2.75, 3.05) is 45.8 Å². The Morgan fingerprint density at radius 3 is 3.14 bits per heavy atom. The largest absolute Gasteiger partial charge is 0.383 e. The number of fused-ring (bicyclic) bond motifs is 1. The SMILES string of the molecule is COCCNCC1(CC2CSc3ccccc32)CCOC1. The van der Waals surface area contributed by atoms with Crippen LogP contribution in [0.2, 0.25) is 0 Å². The van der Waals surface area contributed by atoms with E-state index < -0.39 is 0 Å². The molecule has 2 aliphatic heterocycles. The molecule has 0 spiro atoms. The lowest BCUT2D eigenvalue weighted by atomic mass is 9.77. The maximum atomic E-state index is 5.74. The third-order valence-electron chi connectivity index (χ3n) is 4.65. The second-order valence-electron chi connectivity index (χ2n) is 6.22. The van der Waals surface area contributed by atoms with E-state index in [2.05, 4.69) is 29.6 Å². The van der Waals surface area contributed by atoms with Crippen LogP contribution in [-0.4, -0.2) is 45.8 Å². The normalized spacial score (nSPS) is 28.0. The minimum absolute atomic E-state index is 0.302. The Labute approximate surface area is 131 Å². The molecule has 0 amide bonds. The molecule has 3 rings (SSSR count). The third-order valence-corrected chi connectivity index (χ3v) is 5.90. The van der Waals surface area contributed by atoms with Crippen LogP contribution in [0, 0.1) is 5.41 Å². The van der Waals surface area contributed by atoms with Gasteiger partial charge in [0.1, 0.15) is 0 Å². The van der Waals surface area contributed by atoms with Gasteiger partial charge in [-0.15, -0.1) is 11.8 Å². The average molecular weight is 307 g/mol. The molecule has 2 aliphatic rings. The van der Waals surface area contributed by atoms with Gasteiger partial charge in [-0.25, -0.2) is 0 Å². The first-order chi connectivity index (χ1) is 10.3. The molecule has 3 nitrogen and oxygen atoms in total. The molecule has 0 aromatic heterocycles. The van der Waals surface area contributed by atoms with E-state index in [-0.39, 0.29) is 0 Å². The Morgan fingerprint density at radius 2 is 2.33 bits per heavy atom. The molecule has 1 N–H and O–H groups in total. The van der Waals surface area contributed by atoms with Gasteiger partial charge in [-0.2, -0.15) is 0 Å². The molecular formula is C17H25NO2S. The van der Waals surface area contributed by atoms with E-state index in [1.54, 1.807) is 12.7 Å². The van der Waals surface area contributed by atoms with E-state index in [0.29, 0.717) is 11.3 Å². The molecule has 0 aliphatic carbocycles. The number of benzene rings is 1. The first-order valence-corrected chi connectivity index (χ1v) is 8.81. The lowest BCUT2D eigenvalue weighted by molar-refractivity contribution is 0.136. The van der Waals surface area contributed by atoms with Crippen LogP contribution in [0.25, 0.3) is 0 Å². The summed E-state index contributed by atoms with van der Waals surface area (Å²) in [5.41, 5.74) is 1.85. The highest BCUT2D eigenvalue weighted by Gasteiger charge is 2.38. The zero-order chi connectivity index (χ0) is 14.5. The summed E-state index contributed by atoms with van der Waals surface area (Å²) in [5.74, 6) is 1.90. The van der Waals surface area contributed by atoms with Crippen molar-refractivity contribution < 1.29 is 9.47 Å². The fraction of sp³-hybridized carbons (Fsp3) is 0.647. The molecule has 21 heavy (non-hydrogen) atoms. The molecule has 0 bridgehead atoms. The topological polar surface area (TPSA) is 30.5 Å². The highest BCUT2D eigenvalue weighted by atomic mass is 32.2. The Balaban J connectivity index is 1.63. The molecule has 1 fully saturated rings. The maximum Gasteiger partial charge on any atom is 0.0587 e. The monoisotopic (exact) mass is 307 g/mol. The summed E-state index contributed by atoms with van der Waals surface area (Å²) in [6.07, 6.45) is 2.41. The van der Waals surface area contributed by atoms with Crippen molar-refractivity contribution in [2.45, 2.75) is 23.7 Å². The van der Waals surface area contributed by atoms with Crippen molar-refractivity contribution in [1.82, 2.24) is 5.32 Å². The van der Waals surface area contributed by atoms with E-state index in [1.807, 2.05) is 11.8 Å². The van der Waals surface area contributed by atoms with Gasteiger partial charge in [0, 0.05) is 42.9 Å². The van der Waals surface area contributed by atoms with E-state index in [4.69, 9.17) is 9.47 Å². The van der Waals surface area contributed by atoms with Crippen molar-refractivity contribution in [2.24, 2.45) is 5.41 Å². The quantitative estimate of drug-likeness (QED) is 0.785. The highest BCUT2D eigenvalue weighted by molar-refractivity contribution is 7.99. The zero-order valence-corrected chi connectivity index (χ0v) is 13.6. The summed E-state index contributed by atoms with van der Waals surface area (Å²) in [6, 6.07) is 8.89. The van der Waals surface area contributed by atoms with Crippen LogP contribution in [0.5, 0.6) is 0 Å². The summed E-state index contributed by atoms with van der Waals surface area (Å²) >= 11 is 2.01. The molecular weight excluding hydrogens is 282 g/mol. The highest BCUT2D eigenvalue weighted by Crippen LogP contribution is 2.46. The fourth-order valence-corrected chi connectivity index (χ4v) is 4.73. The summed E-state index contributed by atoms with van der Waals surface area (Å²) in [4.78, 5) is 1.48.